The first-order valence-corrected chi connectivity index (χ1v) is 8.71. The van der Waals surface area contributed by atoms with E-state index < -0.39 is 21.9 Å². The molecule has 2 amide bonds. The van der Waals surface area contributed by atoms with E-state index in [1.807, 2.05) is 6.07 Å². The molecule has 7 nitrogen and oxygen atoms in total. The molecule has 0 aliphatic heterocycles. The minimum atomic E-state index is -3.98. The van der Waals surface area contributed by atoms with Crippen LogP contribution in [0.25, 0.3) is 0 Å². The van der Waals surface area contributed by atoms with Gasteiger partial charge in [0.15, 0.2) is 0 Å². The molecule has 0 fully saturated rings. The van der Waals surface area contributed by atoms with E-state index in [2.05, 4.69) is 15.4 Å². The lowest BCUT2D eigenvalue weighted by molar-refractivity contribution is 0.252. The molecule has 9 heteroatoms. The van der Waals surface area contributed by atoms with Crippen molar-refractivity contribution in [2.75, 3.05) is 16.6 Å². The lowest BCUT2D eigenvalue weighted by atomic mass is 10.2. The Morgan fingerprint density at radius 3 is 2.44 bits per heavy atom. The summed E-state index contributed by atoms with van der Waals surface area (Å²) < 4.78 is 40.6. The molecular weight excluding hydrogens is 347 g/mol. The highest BCUT2D eigenvalue weighted by Crippen LogP contribution is 2.26. The van der Waals surface area contributed by atoms with Crippen molar-refractivity contribution in [1.29, 1.82) is 5.26 Å². The lowest BCUT2D eigenvalue weighted by Gasteiger charge is -2.14. The number of anilines is 2. The van der Waals surface area contributed by atoms with E-state index in [1.165, 1.54) is 30.3 Å². The Balaban J connectivity index is 2.31. The van der Waals surface area contributed by atoms with Crippen LogP contribution in [0, 0.1) is 17.1 Å². The molecule has 0 aliphatic rings. The molecule has 0 spiro atoms. The van der Waals surface area contributed by atoms with E-state index in [1.54, 1.807) is 6.92 Å². The Bertz CT molecular complexity index is 921. The molecule has 130 valence electrons. The van der Waals surface area contributed by atoms with Crippen molar-refractivity contribution in [2.24, 2.45) is 0 Å². The predicted octanol–water partition coefficient (Wildman–Crippen LogP) is 2.64. The van der Waals surface area contributed by atoms with Gasteiger partial charge in [0.25, 0.3) is 10.0 Å². The maximum atomic E-state index is 13.4. The van der Waals surface area contributed by atoms with Crippen molar-refractivity contribution >= 4 is 27.4 Å². The molecule has 0 unspecified atom stereocenters. The van der Waals surface area contributed by atoms with E-state index in [4.69, 9.17) is 5.26 Å². The van der Waals surface area contributed by atoms with Gasteiger partial charge in [-0.1, -0.05) is 0 Å². The summed E-state index contributed by atoms with van der Waals surface area (Å²) in [5.41, 5.74) is 0.305. The van der Waals surface area contributed by atoms with Gasteiger partial charge in [-0.05, 0) is 49.4 Å². The van der Waals surface area contributed by atoms with E-state index in [0.29, 0.717) is 12.1 Å². The molecule has 0 bridgehead atoms. The average Bonchev–Trinajstić information content (AvgIpc) is 2.57. The van der Waals surface area contributed by atoms with E-state index >= 15 is 0 Å². The predicted molar refractivity (Wildman–Crippen MR) is 91.1 cm³/mol. The summed E-state index contributed by atoms with van der Waals surface area (Å²) in [6, 6.07) is 9.88. The molecule has 2 aromatic carbocycles. The Hall–Kier alpha value is -3.12. The van der Waals surface area contributed by atoms with Gasteiger partial charge in [0.2, 0.25) is 0 Å². The van der Waals surface area contributed by atoms with Crippen LogP contribution in [-0.4, -0.2) is 21.0 Å². The second-order valence-corrected chi connectivity index (χ2v) is 6.60. The molecular formula is C16H15FN4O3S. The molecule has 0 atom stereocenters. The average molecular weight is 362 g/mol. The molecule has 0 aliphatic carbocycles. The number of amides is 2. The van der Waals surface area contributed by atoms with Gasteiger partial charge in [0.1, 0.15) is 5.82 Å². The number of nitrogens with zero attached hydrogens (tertiary/aromatic N) is 1. The van der Waals surface area contributed by atoms with Gasteiger partial charge >= 0.3 is 6.03 Å². The van der Waals surface area contributed by atoms with Crippen LogP contribution in [-0.2, 0) is 10.0 Å². The fraction of sp³-hybridized carbons (Fsp3) is 0.125. The zero-order chi connectivity index (χ0) is 18.4. The first kappa shape index (κ1) is 18.2. The largest absolute Gasteiger partial charge is 0.338 e. The number of benzene rings is 2. The van der Waals surface area contributed by atoms with E-state index in [0.717, 1.165) is 12.1 Å². The molecule has 25 heavy (non-hydrogen) atoms. The number of sulfonamides is 1. The number of carbonyl (C=O) groups is 1. The highest BCUT2D eigenvalue weighted by atomic mass is 32.2. The first-order valence-electron chi connectivity index (χ1n) is 7.23. The molecule has 0 heterocycles. The van der Waals surface area contributed by atoms with Crippen LogP contribution >= 0.6 is 0 Å². The molecule has 2 rings (SSSR count). The summed E-state index contributed by atoms with van der Waals surface area (Å²) in [5.74, 6) is -0.631. The zero-order valence-corrected chi connectivity index (χ0v) is 14.0. The summed E-state index contributed by atoms with van der Waals surface area (Å²) in [6.07, 6.45) is 0. The summed E-state index contributed by atoms with van der Waals surface area (Å²) in [6.45, 7) is 2.06. The number of nitriles is 1. The number of hydrogen-bond acceptors (Lipinski definition) is 4. The van der Waals surface area contributed by atoms with Gasteiger partial charge in [-0.25, -0.2) is 17.6 Å². The van der Waals surface area contributed by atoms with Crippen LogP contribution < -0.4 is 15.4 Å². The van der Waals surface area contributed by atoms with Crippen molar-refractivity contribution < 1.29 is 17.6 Å². The fourth-order valence-corrected chi connectivity index (χ4v) is 3.03. The summed E-state index contributed by atoms with van der Waals surface area (Å²) in [4.78, 5) is 11.6. The van der Waals surface area contributed by atoms with E-state index in [-0.39, 0.29) is 16.3 Å². The van der Waals surface area contributed by atoms with Crippen LogP contribution in [0.4, 0.5) is 20.6 Å². The van der Waals surface area contributed by atoms with Crippen LogP contribution in [0.15, 0.2) is 47.4 Å². The van der Waals surface area contributed by atoms with Gasteiger partial charge in [-0.3, -0.25) is 4.72 Å². The quantitative estimate of drug-likeness (QED) is 0.759. The van der Waals surface area contributed by atoms with Gasteiger partial charge in [0.05, 0.1) is 27.9 Å². The summed E-state index contributed by atoms with van der Waals surface area (Å²) in [5, 5.41) is 13.6. The van der Waals surface area contributed by atoms with Crippen molar-refractivity contribution in [2.45, 2.75) is 11.8 Å². The van der Waals surface area contributed by atoms with Gasteiger partial charge in [-0.15, -0.1) is 0 Å². The smallest absolute Gasteiger partial charge is 0.319 e. The molecule has 0 saturated heterocycles. The third-order valence-corrected chi connectivity index (χ3v) is 4.49. The number of hydrogen-bond donors (Lipinski definition) is 3. The van der Waals surface area contributed by atoms with Gasteiger partial charge in [0, 0.05) is 6.54 Å². The number of nitrogens with one attached hydrogen (secondary N) is 3. The normalized spacial score (nSPS) is 10.6. The minimum absolute atomic E-state index is 0.0111. The van der Waals surface area contributed by atoms with Crippen LogP contribution in [0.5, 0.6) is 0 Å². The zero-order valence-electron chi connectivity index (χ0n) is 13.2. The van der Waals surface area contributed by atoms with Gasteiger partial charge in [-0.2, -0.15) is 5.26 Å². The van der Waals surface area contributed by atoms with Crippen molar-refractivity contribution in [1.82, 2.24) is 5.32 Å². The number of urea groups is 1. The highest BCUT2D eigenvalue weighted by molar-refractivity contribution is 7.92. The van der Waals surface area contributed by atoms with Gasteiger partial charge < -0.3 is 10.6 Å². The fourth-order valence-electron chi connectivity index (χ4n) is 1.95. The number of halogens is 1. The molecule has 0 saturated carbocycles. The lowest BCUT2D eigenvalue weighted by Crippen LogP contribution is -2.28. The second-order valence-electron chi connectivity index (χ2n) is 4.92. The third-order valence-electron chi connectivity index (χ3n) is 3.11. The van der Waals surface area contributed by atoms with Crippen LogP contribution in [0.1, 0.15) is 12.5 Å². The monoisotopic (exact) mass is 362 g/mol. The SMILES string of the molecule is CCNC(=O)Nc1cc(F)ccc1NS(=O)(=O)c1ccc(C#N)cc1. The molecule has 3 N–H and O–H groups in total. The van der Waals surface area contributed by atoms with Crippen molar-refractivity contribution in [3.63, 3.8) is 0 Å². The maximum Gasteiger partial charge on any atom is 0.319 e. The highest BCUT2D eigenvalue weighted by Gasteiger charge is 2.17. The minimum Gasteiger partial charge on any atom is -0.338 e. The van der Waals surface area contributed by atoms with Crippen LogP contribution in [0.3, 0.4) is 0 Å². The summed E-state index contributed by atoms with van der Waals surface area (Å²) in [7, 11) is -3.98. The Kier molecular flexibility index (Phi) is 5.56. The first-order chi connectivity index (χ1) is 11.9. The van der Waals surface area contributed by atoms with E-state index in [9.17, 15) is 17.6 Å². The Morgan fingerprint density at radius 1 is 1.16 bits per heavy atom. The van der Waals surface area contributed by atoms with Crippen molar-refractivity contribution in [3.8, 4) is 6.07 Å². The number of rotatable bonds is 5. The Morgan fingerprint density at radius 2 is 1.84 bits per heavy atom. The van der Waals surface area contributed by atoms with Crippen molar-refractivity contribution in [3.05, 3.63) is 53.8 Å². The second kappa shape index (κ2) is 7.63. The van der Waals surface area contributed by atoms with Crippen LogP contribution in [0.2, 0.25) is 0 Å². The summed E-state index contributed by atoms with van der Waals surface area (Å²) >= 11 is 0. The molecule has 2 aromatic rings. The molecule has 0 aromatic heterocycles. The number of carbonyl (C=O) groups excluding carboxylic acids is 1. The Labute approximate surface area is 144 Å². The molecule has 0 radical (unpaired) electrons. The standard InChI is InChI=1S/C16H15FN4O3S/c1-2-19-16(22)20-15-9-12(17)5-8-14(15)21-25(23,24)13-6-3-11(10-18)4-7-13/h3-9,21H,2H2,1H3,(H2,19,20,22). The topological polar surface area (TPSA) is 111 Å². The maximum absolute atomic E-state index is 13.4. The third kappa shape index (κ3) is 4.68.